The van der Waals surface area contributed by atoms with Crippen LogP contribution in [0.15, 0.2) is 16.7 Å². The fraction of sp³-hybridized carbons (Fsp3) is 0.417. The number of nitrogens with zero attached hydrogens (tertiary/aromatic N) is 3. The van der Waals surface area contributed by atoms with Crippen molar-refractivity contribution < 1.29 is 22.5 Å². The zero-order valence-electron chi connectivity index (χ0n) is 11.5. The Hall–Kier alpha value is -2.32. The lowest BCUT2D eigenvalue weighted by Gasteiger charge is -2.13. The van der Waals surface area contributed by atoms with Crippen molar-refractivity contribution in [1.82, 2.24) is 14.9 Å². The highest BCUT2D eigenvalue weighted by Gasteiger charge is 2.35. The molecule has 21 heavy (non-hydrogen) atoms. The molecule has 0 saturated carbocycles. The predicted molar refractivity (Wildman–Crippen MR) is 66.5 cm³/mol. The highest BCUT2D eigenvalue weighted by Crippen LogP contribution is 2.29. The number of hydrogen-bond donors (Lipinski definition) is 1. The maximum Gasteiger partial charge on any atom is 0.435 e. The topological polar surface area (TPSA) is 73.0 Å². The molecule has 2 aromatic heterocycles. The summed E-state index contributed by atoms with van der Waals surface area (Å²) in [5.41, 5.74) is -0.793. The molecule has 0 aliphatic rings. The van der Waals surface area contributed by atoms with E-state index in [-0.39, 0.29) is 11.5 Å². The van der Waals surface area contributed by atoms with Gasteiger partial charge in [-0.2, -0.15) is 18.3 Å². The smallest absolute Gasteiger partial charge is 0.360 e. The Morgan fingerprint density at radius 3 is 2.52 bits per heavy atom. The summed E-state index contributed by atoms with van der Waals surface area (Å²) in [6.07, 6.45) is -4.55. The van der Waals surface area contributed by atoms with Crippen molar-refractivity contribution in [2.24, 2.45) is 0 Å². The standard InChI is InChI=1S/C12H13F3N4O2/c1-6-4-9(12(13,14)15)17-19(6)8(3)11(20)16-10-5-7(2)21-18-10/h4-5,8H,1-3H3,(H,16,18,20). The second kappa shape index (κ2) is 5.23. The van der Waals surface area contributed by atoms with Crippen LogP contribution in [-0.4, -0.2) is 20.8 Å². The van der Waals surface area contributed by atoms with Crippen molar-refractivity contribution in [1.29, 1.82) is 0 Å². The zero-order chi connectivity index (χ0) is 15.8. The second-order valence-corrected chi connectivity index (χ2v) is 4.60. The Labute approximate surface area is 117 Å². The van der Waals surface area contributed by atoms with Gasteiger partial charge in [-0.25, -0.2) is 0 Å². The van der Waals surface area contributed by atoms with E-state index in [0.717, 1.165) is 10.7 Å². The monoisotopic (exact) mass is 302 g/mol. The van der Waals surface area contributed by atoms with Crippen molar-refractivity contribution in [3.8, 4) is 0 Å². The second-order valence-electron chi connectivity index (χ2n) is 4.60. The molecule has 0 aromatic carbocycles. The van der Waals surface area contributed by atoms with Gasteiger partial charge in [0, 0.05) is 11.8 Å². The number of hydrogen-bond acceptors (Lipinski definition) is 4. The molecule has 0 aliphatic heterocycles. The van der Waals surface area contributed by atoms with E-state index in [1.165, 1.54) is 19.9 Å². The van der Waals surface area contributed by atoms with Gasteiger partial charge in [-0.1, -0.05) is 5.16 Å². The van der Waals surface area contributed by atoms with Crippen LogP contribution in [-0.2, 0) is 11.0 Å². The summed E-state index contributed by atoms with van der Waals surface area (Å²) in [5, 5.41) is 9.47. The van der Waals surface area contributed by atoms with E-state index in [2.05, 4.69) is 15.6 Å². The van der Waals surface area contributed by atoms with Crippen LogP contribution in [0.2, 0.25) is 0 Å². The lowest BCUT2D eigenvalue weighted by Crippen LogP contribution is -2.25. The van der Waals surface area contributed by atoms with Gasteiger partial charge in [-0.15, -0.1) is 0 Å². The first kappa shape index (κ1) is 15.1. The number of anilines is 1. The minimum Gasteiger partial charge on any atom is -0.360 e. The van der Waals surface area contributed by atoms with Crippen molar-refractivity contribution >= 4 is 11.7 Å². The quantitative estimate of drug-likeness (QED) is 0.946. The lowest BCUT2D eigenvalue weighted by atomic mass is 10.3. The SMILES string of the molecule is Cc1cc(NC(=O)C(C)n2nc(C(F)(F)F)cc2C)no1. The molecule has 0 aliphatic carbocycles. The molecule has 9 heteroatoms. The fourth-order valence-electron chi connectivity index (χ4n) is 1.79. The lowest BCUT2D eigenvalue weighted by molar-refractivity contribution is -0.141. The van der Waals surface area contributed by atoms with Crippen LogP contribution < -0.4 is 5.32 Å². The van der Waals surface area contributed by atoms with E-state index in [1.54, 1.807) is 6.92 Å². The molecule has 1 atom stereocenters. The number of carbonyl (C=O) groups is 1. The molecule has 0 saturated heterocycles. The average Bonchev–Trinajstić information content (AvgIpc) is 2.94. The molecule has 2 rings (SSSR count). The van der Waals surface area contributed by atoms with Gasteiger partial charge in [0.2, 0.25) is 5.91 Å². The number of nitrogens with one attached hydrogen (secondary N) is 1. The van der Waals surface area contributed by atoms with Crippen LogP contribution >= 0.6 is 0 Å². The third kappa shape index (κ3) is 3.23. The van der Waals surface area contributed by atoms with Gasteiger partial charge in [-0.05, 0) is 26.8 Å². The number of aryl methyl sites for hydroxylation is 2. The largest absolute Gasteiger partial charge is 0.435 e. The summed E-state index contributed by atoms with van der Waals surface area (Å²) in [7, 11) is 0. The van der Waals surface area contributed by atoms with Crippen LogP contribution in [0.1, 0.15) is 30.1 Å². The average molecular weight is 302 g/mol. The summed E-state index contributed by atoms with van der Waals surface area (Å²) >= 11 is 0. The molecule has 0 spiro atoms. The predicted octanol–water partition coefficient (Wildman–Crippen LogP) is 2.71. The van der Waals surface area contributed by atoms with E-state index in [1.807, 2.05) is 0 Å². The normalized spacial score (nSPS) is 13.2. The maximum absolute atomic E-state index is 12.6. The molecule has 0 radical (unpaired) electrons. The maximum atomic E-state index is 12.6. The summed E-state index contributed by atoms with van der Waals surface area (Å²) in [6.45, 7) is 4.55. The van der Waals surface area contributed by atoms with E-state index < -0.39 is 23.8 Å². The molecule has 1 unspecified atom stereocenters. The van der Waals surface area contributed by atoms with Gasteiger partial charge in [-0.3, -0.25) is 9.48 Å². The van der Waals surface area contributed by atoms with Crippen molar-refractivity contribution in [2.75, 3.05) is 5.32 Å². The Morgan fingerprint density at radius 1 is 1.38 bits per heavy atom. The van der Waals surface area contributed by atoms with Gasteiger partial charge >= 0.3 is 6.18 Å². The molecule has 0 bridgehead atoms. The van der Waals surface area contributed by atoms with Gasteiger partial charge in [0.1, 0.15) is 11.8 Å². The molecule has 0 fully saturated rings. The summed E-state index contributed by atoms with van der Waals surface area (Å²) in [6, 6.07) is 1.48. The Balaban J connectivity index is 2.17. The highest BCUT2D eigenvalue weighted by molar-refractivity contribution is 5.92. The van der Waals surface area contributed by atoms with Gasteiger partial charge in [0.25, 0.3) is 0 Å². The van der Waals surface area contributed by atoms with Crippen molar-refractivity contribution in [3.63, 3.8) is 0 Å². The molecule has 114 valence electrons. The van der Waals surface area contributed by atoms with Gasteiger partial charge in [0.15, 0.2) is 11.5 Å². The van der Waals surface area contributed by atoms with Gasteiger partial charge in [0.05, 0.1) is 0 Å². The number of amides is 1. The van der Waals surface area contributed by atoms with Crippen molar-refractivity contribution in [2.45, 2.75) is 33.0 Å². The molecular formula is C12H13F3N4O2. The summed E-state index contributed by atoms with van der Waals surface area (Å²) in [4.78, 5) is 12.0. The van der Waals surface area contributed by atoms with E-state index >= 15 is 0 Å². The van der Waals surface area contributed by atoms with Crippen LogP contribution in [0.4, 0.5) is 19.0 Å². The van der Waals surface area contributed by atoms with E-state index in [4.69, 9.17) is 4.52 Å². The first-order valence-electron chi connectivity index (χ1n) is 6.06. The zero-order valence-corrected chi connectivity index (χ0v) is 11.5. The minimum absolute atomic E-state index is 0.199. The van der Waals surface area contributed by atoms with Crippen LogP contribution in [0.5, 0.6) is 0 Å². The summed E-state index contributed by atoms with van der Waals surface area (Å²) in [5.74, 6) is 0.168. The number of aromatic nitrogens is 3. The number of rotatable bonds is 3. The summed E-state index contributed by atoms with van der Waals surface area (Å²) < 4.78 is 43.6. The molecule has 1 amide bonds. The molecular weight excluding hydrogens is 289 g/mol. The molecule has 1 N–H and O–H groups in total. The number of alkyl halides is 3. The Bertz CT molecular complexity index is 660. The molecule has 2 aromatic rings. The van der Waals surface area contributed by atoms with Crippen LogP contribution in [0, 0.1) is 13.8 Å². The fourth-order valence-corrected chi connectivity index (χ4v) is 1.79. The van der Waals surface area contributed by atoms with Crippen molar-refractivity contribution in [3.05, 3.63) is 29.3 Å². The third-order valence-corrected chi connectivity index (χ3v) is 2.84. The van der Waals surface area contributed by atoms with Crippen LogP contribution in [0.25, 0.3) is 0 Å². The minimum atomic E-state index is -4.55. The molecule has 2 heterocycles. The first-order valence-corrected chi connectivity index (χ1v) is 6.06. The van der Waals surface area contributed by atoms with E-state index in [9.17, 15) is 18.0 Å². The first-order chi connectivity index (χ1) is 9.68. The van der Waals surface area contributed by atoms with Crippen LogP contribution in [0.3, 0.4) is 0 Å². The Kier molecular flexibility index (Phi) is 3.75. The number of carbonyl (C=O) groups excluding carboxylic acids is 1. The van der Waals surface area contributed by atoms with E-state index in [0.29, 0.717) is 5.76 Å². The third-order valence-electron chi connectivity index (χ3n) is 2.84. The number of halogens is 3. The highest BCUT2D eigenvalue weighted by atomic mass is 19.4. The Morgan fingerprint density at radius 2 is 2.05 bits per heavy atom. The molecule has 6 nitrogen and oxygen atoms in total. The van der Waals surface area contributed by atoms with Gasteiger partial charge < -0.3 is 9.84 Å².